The molecule has 0 aromatic heterocycles. The summed E-state index contributed by atoms with van der Waals surface area (Å²) in [5, 5.41) is 8.77. The van der Waals surface area contributed by atoms with Gasteiger partial charge in [0, 0.05) is 6.07 Å². The first kappa shape index (κ1) is 11.0. The van der Waals surface area contributed by atoms with E-state index >= 15 is 0 Å². The predicted molar refractivity (Wildman–Crippen MR) is 54.1 cm³/mol. The first-order valence-electron chi connectivity index (χ1n) is 5.24. The van der Waals surface area contributed by atoms with Gasteiger partial charge in [-0.15, -0.1) is 0 Å². The van der Waals surface area contributed by atoms with Crippen LogP contribution in [0.4, 0.5) is 8.78 Å². The van der Waals surface area contributed by atoms with Gasteiger partial charge in [-0.05, 0) is 42.4 Å². The highest BCUT2D eigenvalue weighted by atomic mass is 19.1. The van der Waals surface area contributed by atoms with Gasteiger partial charge < -0.3 is 5.11 Å². The standard InChI is InChI=1S/C12H12F2O2/c13-9-3-8(4-10(14)5-9)11(6-12(15)16)7-1-2-7/h3-5,7,11H,1-2,6H2,(H,15,16). The van der Waals surface area contributed by atoms with Crippen molar-refractivity contribution in [3.63, 3.8) is 0 Å². The minimum Gasteiger partial charge on any atom is -0.481 e. The summed E-state index contributed by atoms with van der Waals surface area (Å²) >= 11 is 0. The largest absolute Gasteiger partial charge is 0.481 e. The lowest BCUT2D eigenvalue weighted by molar-refractivity contribution is -0.137. The van der Waals surface area contributed by atoms with Crippen molar-refractivity contribution >= 4 is 5.97 Å². The zero-order valence-electron chi connectivity index (χ0n) is 8.62. The van der Waals surface area contributed by atoms with Crippen LogP contribution in [0.2, 0.25) is 0 Å². The van der Waals surface area contributed by atoms with Gasteiger partial charge in [-0.2, -0.15) is 0 Å². The van der Waals surface area contributed by atoms with Gasteiger partial charge in [-0.3, -0.25) is 4.79 Å². The van der Waals surface area contributed by atoms with Crippen molar-refractivity contribution < 1.29 is 18.7 Å². The summed E-state index contributed by atoms with van der Waals surface area (Å²) < 4.78 is 26.0. The van der Waals surface area contributed by atoms with Crippen molar-refractivity contribution in [2.45, 2.75) is 25.2 Å². The Kier molecular flexibility index (Phi) is 2.90. The van der Waals surface area contributed by atoms with E-state index < -0.39 is 17.6 Å². The molecule has 1 aliphatic rings. The van der Waals surface area contributed by atoms with Crippen LogP contribution in [0.25, 0.3) is 0 Å². The number of rotatable bonds is 4. The molecule has 4 heteroatoms. The summed E-state index contributed by atoms with van der Waals surface area (Å²) in [7, 11) is 0. The van der Waals surface area contributed by atoms with Crippen LogP contribution >= 0.6 is 0 Å². The molecule has 1 aromatic carbocycles. The topological polar surface area (TPSA) is 37.3 Å². The predicted octanol–water partition coefficient (Wildman–Crippen LogP) is 2.93. The van der Waals surface area contributed by atoms with Gasteiger partial charge in [-0.1, -0.05) is 0 Å². The molecule has 0 bridgehead atoms. The molecule has 0 aliphatic heterocycles. The summed E-state index contributed by atoms with van der Waals surface area (Å²) in [6.07, 6.45) is 1.82. The van der Waals surface area contributed by atoms with Crippen molar-refractivity contribution in [3.8, 4) is 0 Å². The van der Waals surface area contributed by atoms with E-state index in [1.54, 1.807) is 0 Å². The molecular weight excluding hydrogens is 214 g/mol. The lowest BCUT2D eigenvalue weighted by atomic mass is 9.91. The lowest BCUT2D eigenvalue weighted by Crippen LogP contribution is -2.09. The molecule has 0 heterocycles. The molecule has 1 aliphatic carbocycles. The summed E-state index contributed by atoms with van der Waals surface area (Å²) in [5.74, 6) is -2.22. The molecule has 0 amide bonds. The third-order valence-corrected chi connectivity index (χ3v) is 2.90. The smallest absolute Gasteiger partial charge is 0.303 e. The SMILES string of the molecule is O=C(O)CC(c1cc(F)cc(F)c1)C1CC1. The second kappa shape index (κ2) is 4.20. The van der Waals surface area contributed by atoms with Crippen LogP contribution in [0.15, 0.2) is 18.2 Å². The van der Waals surface area contributed by atoms with Gasteiger partial charge in [0.05, 0.1) is 6.42 Å². The highest BCUT2D eigenvalue weighted by Gasteiger charge is 2.34. The molecule has 1 unspecified atom stereocenters. The molecule has 16 heavy (non-hydrogen) atoms. The molecule has 1 fully saturated rings. The number of carbonyl (C=O) groups is 1. The number of carboxylic acids is 1. The Morgan fingerprint density at radius 3 is 2.31 bits per heavy atom. The Morgan fingerprint density at radius 2 is 1.88 bits per heavy atom. The van der Waals surface area contributed by atoms with Crippen LogP contribution in [0, 0.1) is 17.6 Å². The molecule has 1 saturated carbocycles. The zero-order valence-corrected chi connectivity index (χ0v) is 8.62. The van der Waals surface area contributed by atoms with Gasteiger partial charge in [0.15, 0.2) is 0 Å². The fraction of sp³-hybridized carbons (Fsp3) is 0.417. The first-order valence-corrected chi connectivity index (χ1v) is 5.24. The Hall–Kier alpha value is -1.45. The average molecular weight is 226 g/mol. The zero-order chi connectivity index (χ0) is 11.7. The highest BCUT2D eigenvalue weighted by molar-refractivity contribution is 5.68. The third-order valence-electron chi connectivity index (χ3n) is 2.90. The summed E-state index contributed by atoms with van der Waals surface area (Å²) in [5.41, 5.74) is 0.461. The maximum Gasteiger partial charge on any atom is 0.303 e. The second-order valence-corrected chi connectivity index (χ2v) is 4.24. The molecule has 1 N–H and O–H groups in total. The number of aliphatic carboxylic acids is 1. The molecule has 0 radical (unpaired) electrons. The fourth-order valence-corrected chi connectivity index (χ4v) is 2.03. The molecule has 0 spiro atoms. The van der Waals surface area contributed by atoms with Crippen LogP contribution in [0.1, 0.15) is 30.7 Å². The van der Waals surface area contributed by atoms with Gasteiger partial charge in [0.2, 0.25) is 0 Å². The van der Waals surface area contributed by atoms with Gasteiger partial charge in [-0.25, -0.2) is 8.78 Å². The maximum absolute atomic E-state index is 13.0. The number of hydrogen-bond donors (Lipinski definition) is 1. The quantitative estimate of drug-likeness (QED) is 0.857. The van der Waals surface area contributed by atoms with E-state index in [4.69, 9.17) is 5.11 Å². The Balaban J connectivity index is 2.26. The Bertz CT molecular complexity index is 393. The van der Waals surface area contributed by atoms with Gasteiger partial charge >= 0.3 is 5.97 Å². The molecule has 0 saturated heterocycles. The van der Waals surface area contributed by atoms with Crippen LogP contribution in [-0.2, 0) is 4.79 Å². The van der Waals surface area contributed by atoms with Gasteiger partial charge in [0.25, 0.3) is 0 Å². The Labute approximate surface area is 91.9 Å². The molecule has 1 aromatic rings. The minimum atomic E-state index is -0.929. The normalized spacial score (nSPS) is 17.1. The summed E-state index contributed by atoms with van der Waals surface area (Å²) in [6.45, 7) is 0. The van der Waals surface area contributed by atoms with E-state index in [0.717, 1.165) is 18.9 Å². The Morgan fingerprint density at radius 1 is 1.31 bits per heavy atom. The van der Waals surface area contributed by atoms with E-state index in [1.165, 1.54) is 12.1 Å². The number of carboxylic acid groups (broad SMARTS) is 1. The summed E-state index contributed by atoms with van der Waals surface area (Å²) in [6, 6.07) is 3.26. The number of halogens is 2. The van der Waals surface area contributed by atoms with Crippen LogP contribution in [-0.4, -0.2) is 11.1 Å². The molecule has 1 atom stereocenters. The number of hydrogen-bond acceptors (Lipinski definition) is 1. The van der Waals surface area contributed by atoms with Gasteiger partial charge in [0.1, 0.15) is 11.6 Å². The summed E-state index contributed by atoms with van der Waals surface area (Å²) in [4.78, 5) is 10.7. The van der Waals surface area contributed by atoms with Crippen molar-refractivity contribution in [3.05, 3.63) is 35.4 Å². The monoisotopic (exact) mass is 226 g/mol. The van der Waals surface area contributed by atoms with E-state index in [1.807, 2.05) is 0 Å². The molecule has 86 valence electrons. The van der Waals surface area contributed by atoms with Crippen molar-refractivity contribution in [2.24, 2.45) is 5.92 Å². The molecule has 2 nitrogen and oxygen atoms in total. The van der Waals surface area contributed by atoms with Crippen LogP contribution in [0.5, 0.6) is 0 Å². The van der Waals surface area contributed by atoms with E-state index in [9.17, 15) is 13.6 Å². The molecular formula is C12H12F2O2. The van der Waals surface area contributed by atoms with Crippen molar-refractivity contribution in [1.82, 2.24) is 0 Å². The van der Waals surface area contributed by atoms with Crippen molar-refractivity contribution in [1.29, 1.82) is 0 Å². The second-order valence-electron chi connectivity index (χ2n) is 4.24. The fourth-order valence-electron chi connectivity index (χ4n) is 2.03. The molecule has 2 rings (SSSR count). The van der Waals surface area contributed by atoms with Crippen LogP contribution in [0.3, 0.4) is 0 Å². The number of benzene rings is 1. The third kappa shape index (κ3) is 2.56. The van der Waals surface area contributed by atoms with Crippen molar-refractivity contribution in [2.75, 3.05) is 0 Å². The highest BCUT2D eigenvalue weighted by Crippen LogP contribution is 2.44. The van der Waals surface area contributed by atoms with E-state index in [0.29, 0.717) is 5.56 Å². The minimum absolute atomic E-state index is 0.0619. The van der Waals surface area contributed by atoms with Crippen LogP contribution < -0.4 is 0 Å². The lowest BCUT2D eigenvalue weighted by Gasteiger charge is -2.14. The van der Waals surface area contributed by atoms with E-state index in [2.05, 4.69) is 0 Å². The van der Waals surface area contributed by atoms with E-state index in [-0.39, 0.29) is 18.3 Å². The average Bonchev–Trinajstić information content (AvgIpc) is 2.95. The first-order chi connectivity index (χ1) is 7.56. The maximum atomic E-state index is 13.0.